The summed E-state index contributed by atoms with van der Waals surface area (Å²) in [5, 5.41) is 3.71. The Kier molecular flexibility index (Phi) is 4.75. The maximum atomic E-state index is 5.86. The molecule has 1 atom stereocenters. The summed E-state index contributed by atoms with van der Waals surface area (Å²) < 4.78 is 5.15. The summed E-state index contributed by atoms with van der Waals surface area (Å²) in [5.74, 6) is 2.53. The summed E-state index contributed by atoms with van der Waals surface area (Å²) in [5.41, 5.74) is 6.76. The smallest absolute Gasteiger partial charge is 0.193 e. The number of nitrogens with zero attached hydrogens (tertiary/aromatic N) is 1. The van der Waals surface area contributed by atoms with Crippen molar-refractivity contribution in [2.24, 2.45) is 10.7 Å². The maximum Gasteiger partial charge on any atom is 0.193 e. The number of nitrogens with one attached hydrogen (secondary N) is 1. The molecule has 18 heavy (non-hydrogen) atoms. The molecule has 5 heteroatoms. The quantitative estimate of drug-likeness (QED) is 0.648. The predicted molar refractivity (Wildman–Crippen MR) is 78.6 cm³/mol. The molecule has 0 amide bonds. The Balaban J connectivity index is 1.88. The fourth-order valence-corrected chi connectivity index (χ4v) is 3.06. The normalized spacial score (nSPS) is 19.8. The first kappa shape index (κ1) is 13.1. The minimum atomic E-state index is 0.468. The van der Waals surface area contributed by atoms with Gasteiger partial charge in [-0.25, -0.2) is 0 Å². The average molecular weight is 265 g/mol. The van der Waals surface area contributed by atoms with Gasteiger partial charge in [0.05, 0.1) is 13.7 Å². The number of guanidine groups is 1. The maximum absolute atomic E-state index is 5.86. The van der Waals surface area contributed by atoms with Gasteiger partial charge in [-0.3, -0.25) is 4.99 Å². The molecule has 1 saturated heterocycles. The minimum absolute atomic E-state index is 0.468. The molecule has 1 aliphatic heterocycles. The standard InChI is InChI=1S/C13H19N3OS/c1-17-11-5-2-4-10(8-11)16-13(14)15-9-12-6-3-7-18-12/h2,4-5,8,12H,3,6-7,9H2,1H3,(H3,14,15,16). The molecule has 1 aliphatic rings. The van der Waals surface area contributed by atoms with Gasteiger partial charge in [-0.2, -0.15) is 11.8 Å². The van der Waals surface area contributed by atoms with Crippen molar-refractivity contribution in [1.29, 1.82) is 0 Å². The van der Waals surface area contributed by atoms with E-state index in [2.05, 4.69) is 10.3 Å². The molecule has 0 bridgehead atoms. The molecule has 0 aliphatic carbocycles. The van der Waals surface area contributed by atoms with E-state index in [1.807, 2.05) is 36.0 Å². The largest absolute Gasteiger partial charge is 0.497 e. The number of anilines is 1. The molecule has 4 nitrogen and oxygen atoms in total. The highest BCUT2D eigenvalue weighted by Crippen LogP contribution is 2.26. The number of nitrogens with two attached hydrogens (primary N) is 1. The second-order valence-electron chi connectivity index (χ2n) is 4.22. The minimum Gasteiger partial charge on any atom is -0.497 e. The van der Waals surface area contributed by atoms with Crippen molar-refractivity contribution in [3.8, 4) is 5.75 Å². The highest BCUT2D eigenvalue weighted by atomic mass is 32.2. The fraction of sp³-hybridized carbons (Fsp3) is 0.462. The molecule has 1 aromatic carbocycles. The van der Waals surface area contributed by atoms with Crippen LogP contribution in [-0.4, -0.2) is 30.6 Å². The van der Waals surface area contributed by atoms with Crippen LogP contribution in [0.4, 0.5) is 5.69 Å². The summed E-state index contributed by atoms with van der Waals surface area (Å²) in [6, 6.07) is 7.65. The first-order chi connectivity index (χ1) is 8.78. The van der Waals surface area contributed by atoms with Gasteiger partial charge in [0.2, 0.25) is 0 Å². The van der Waals surface area contributed by atoms with Crippen molar-refractivity contribution in [1.82, 2.24) is 0 Å². The lowest BCUT2D eigenvalue weighted by atomic mass is 10.2. The van der Waals surface area contributed by atoms with Gasteiger partial charge < -0.3 is 15.8 Å². The van der Waals surface area contributed by atoms with Crippen LogP contribution >= 0.6 is 11.8 Å². The van der Waals surface area contributed by atoms with Gasteiger partial charge >= 0.3 is 0 Å². The molecular weight excluding hydrogens is 246 g/mol. The number of methoxy groups -OCH3 is 1. The topological polar surface area (TPSA) is 59.6 Å². The number of aliphatic imine (C=N–C) groups is 1. The van der Waals surface area contributed by atoms with Gasteiger partial charge in [0, 0.05) is 17.0 Å². The molecule has 1 aromatic rings. The molecule has 2 rings (SSSR count). The van der Waals surface area contributed by atoms with Gasteiger partial charge in [0.25, 0.3) is 0 Å². The van der Waals surface area contributed by atoms with Crippen LogP contribution in [0.15, 0.2) is 29.3 Å². The molecule has 1 unspecified atom stereocenters. The van der Waals surface area contributed by atoms with Crippen LogP contribution in [0.1, 0.15) is 12.8 Å². The van der Waals surface area contributed by atoms with Gasteiger partial charge in [-0.15, -0.1) is 0 Å². The van der Waals surface area contributed by atoms with Gasteiger partial charge in [-0.05, 0) is 30.7 Å². The van der Waals surface area contributed by atoms with E-state index >= 15 is 0 Å². The van der Waals surface area contributed by atoms with Crippen molar-refractivity contribution in [2.45, 2.75) is 18.1 Å². The van der Waals surface area contributed by atoms with Crippen molar-refractivity contribution in [2.75, 3.05) is 24.7 Å². The van der Waals surface area contributed by atoms with Crippen molar-refractivity contribution >= 4 is 23.4 Å². The van der Waals surface area contributed by atoms with Crippen LogP contribution < -0.4 is 15.8 Å². The number of hydrogen-bond donors (Lipinski definition) is 2. The lowest BCUT2D eigenvalue weighted by Crippen LogP contribution is -2.24. The number of benzene rings is 1. The van der Waals surface area contributed by atoms with Crippen molar-refractivity contribution in [3.63, 3.8) is 0 Å². The summed E-state index contributed by atoms with van der Waals surface area (Å²) in [6.45, 7) is 0.799. The zero-order valence-corrected chi connectivity index (χ0v) is 11.4. The number of rotatable bonds is 4. The zero-order valence-electron chi connectivity index (χ0n) is 10.6. The van der Waals surface area contributed by atoms with Crippen LogP contribution in [0.2, 0.25) is 0 Å². The molecule has 98 valence electrons. The molecule has 0 spiro atoms. The van der Waals surface area contributed by atoms with Gasteiger partial charge in [0.15, 0.2) is 5.96 Å². The summed E-state index contributed by atoms with van der Waals surface area (Å²) in [7, 11) is 1.65. The highest BCUT2D eigenvalue weighted by Gasteiger charge is 2.14. The van der Waals surface area contributed by atoms with E-state index in [0.29, 0.717) is 11.2 Å². The Labute approximate surface area is 112 Å². The molecule has 1 heterocycles. The van der Waals surface area contributed by atoms with Gasteiger partial charge in [0.1, 0.15) is 5.75 Å². The van der Waals surface area contributed by atoms with E-state index in [1.165, 1.54) is 18.6 Å². The molecule has 3 N–H and O–H groups in total. The summed E-state index contributed by atoms with van der Waals surface area (Å²) in [6.07, 6.45) is 2.55. The van der Waals surface area contributed by atoms with E-state index in [0.717, 1.165) is 18.0 Å². The number of ether oxygens (including phenoxy) is 1. The van der Waals surface area contributed by atoms with E-state index in [4.69, 9.17) is 10.5 Å². The van der Waals surface area contributed by atoms with Crippen LogP contribution in [0.25, 0.3) is 0 Å². The first-order valence-corrected chi connectivity index (χ1v) is 7.15. The third-order valence-electron chi connectivity index (χ3n) is 2.83. The molecule has 1 fully saturated rings. The second kappa shape index (κ2) is 6.54. The Hall–Kier alpha value is -1.36. The molecule has 0 radical (unpaired) electrons. The van der Waals surface area contributed by atoms with E-state index in [1.54, 1.807) is 7.11 Å². The van der Waals surface area contributed by atoms with Crippen LogP contribution in [0.3, 0.4) is 0 Å². The highest BCUT2D eigenvalue weighted by molar-refractivity contribution is 8.00. The average Bonchev–Trinajstić information content (AvgIpc) is 2.90. The van der Waals surface area contributed by atoms with Crippen LogP contribution in [-0.2, 0) is 0 Å². The zero-order chi connectivity index (χ0) is 12.8. The van der Waals surface area contributed by atoms with Crippen molar-refractivity contribution in [3.05, 3.63) is 24.3 Å². The lowest BCUT2D eigenvalue weighted by Gasteiger charge is -2.09. The van der Waals surface area contributed by atoms with E-state index in [-0.39, 0.29) is 0 Å². The van der Waals surface area contributed by atoms with Crippen LogP contribution in [0.5, 0.6) is 5.75 Å². The van der Waals surface area contributed by atoms with Crippen LogP contribution in [0, 0.1) is 0 Å². The predicted octanol–water partition coefficient (Wildman–Crippen LogP) is 2.32. The molecule has 0 saturated carbocycles. The summed E-state index contributed by atoms with van der Waals surface area (Å²) in [4.78, 5) is 4.38. The fourth-order valence-electron chi connectivity index (χ4n) is 1.88. The number of thioether (sulfide) groups is 1. The van der Waals surface area contributed by atoms with Gasteiger partial charge in [-0.1, -0.05) is 6.07 Å². The first-order valence-electron chi connectivity index (χ1n) is 6.10. The molecule has 0 aromatic heterocycles. The Morgan fingerprint density at radius 3 is 3.22 bits per heavy atom. The Morgan fingerprint density at radius 2 is 2.50 bits per heavy atom. The third kappa shape index (κ3) is 3.84. The lowest BCUT2D eigenvalue weighted by molar-refractivity contribution is 0.415. The van der Waals surface area contributed by atoms with E-state index in [9.17, 15) is 0 Å². The Morgan fingerprint density at radius 1 is 1.61 bits per heavy atom. The monoisotopic (exact) mass is 265 g/mol. The van der Waals surface area contributed by atoms with E-state index < -0.39 is 0 Å². The van der Waals surface area contributed by atoms with Crippen molar-refractivity contribution < 1.29 is 4.74 Å². The second-order valence-corrected chi connectivity index (χ2v) is 5.63. The molecular formula is C13H19N3OS. The SMILES string of the molecule is COc1cccc(NC(N)=NCC2CCCS2)c1. The number of hydrogen-bond acceptors (Lipinski definition) is 3. The third-order valence-corrected chi connectivity index (χ3v) is 4.21. The Bertz CT molecular complexity index is 416. The summed E-state index contributed by atoms with van der Waals surface area (Å²) >= 11 is 1.99.